The third kappa shape index (κ3) is 2.40. The van der Waals surface area contributed by atoms with Crippen LogP contribution in [-0.2, 0) is 0 Å². The summed E-state index contributed by atoms with van der Waals surface area (Å²) in [5, 5.41) is 0. The SMILES string of the molecule is Cc1cccc(C2CC(C)CCC2N)c1. The van der Waals surface area contributed by atoms with Gasteiger partial charge in [-0.1, -0.05) is 36.8 Å². The van der Waals surface area contributed by atoms with Crippen LogP contribution in [-0.4, -0.2) is 6.04 Å². The molecule has 0 aliphatic heterocycles. The number of nitrogens with two attached hydrogens (primary N) is 1. The second kappa shape index (κ2) is 4.36. The van der Waals surface area contributed by atoms with E-state index in [1.165, 1.54) is 30.4 Å². The number of aryl methyl sites for hydroxylation is 1. The lowest BCUT2D eigenvalue weighted by Crippen LogP contribution is -2.33. The van der Waals surface area contributed by atoms with Gasteiger partial charge in [0.1, 0.15) is 0 Å². The second-order valence-corrected chi connectivity index (χ2v) is 5.10. The molecule has 3 unspecified atom stereocenters. The maximum absolute atomic E-state index is 6.22. The normalized spacial score (nSPS) is 31.5. The molecule has 1 saturated carbocycles. The van der Waals surface area contributed by atoms with Gasteiger partial charge in [0.15, 0.2) is 0 Å². The van der Waals surface area contributed by atoms with Crippen LogP contribution in [0.15, 0.2) is 24.3 Å². The first kappa shape index (κ1) is 10.7. The highest BCUT2D eigenvalue weighted by atomic mass is 14.7. The van der Waals surface area contributed by atoms with E-state index in [0.717, 1.165) is 5.92 Å². The average molecular weight is 203 g/mol. The van der Waals surface area contributed by atoms with E-state index < -0.39 is 0 Å². The van der Waals surface area contributed by atoms with Crippen molar-refractivity contribution >= 4 is 0 Å². The fourth-order valence-corrected chi connectivity index (χ4v) is 2.69. The molecule has 1 aliphatic carbocycles. The van der Waals surface area contributed by atoms with Crippen LogP contribution in [0.4, 0.5) is 0 Å². The van der Waals surface area contributed by atoms with Crippen LogP contribution in [0.3, 0.4) is 0 Å². The molecule has 0 aromatic heterocycles. The van der Waals surface area contributed by atoms with E-state index in [0.29, 0.717) is 12.0 Å². The van der Waals surface area contributed by atoms with Crippen molar-refractivity contribution in [3.63, 3.8) is 0 Å². The van der Waals surface area contributed by atoms with Gasteiger partial charge in [-0.25, -0.2) is 0 Å². The summed E-state index contributed by atoms with van der Waals surface area (Å²) in [7, 11) is 0. The molecule has 15 heavy (non-hydrogen) atoms. The van der Waals surface area contributed by atoms with Crippen molar-refractivity contribution in [1.82, 2.24) is 0 Å². The number of benzene rings is 1. The van der Waals surface area contributed by atoms with Crippen molar-refractivity contribution in [2.45, 2.75) is 45.1 Å². The third-order valence-corrected chi connectivity index (χ3v) is 3.64. The number of hydrogen-bond acceptors (Lipinski definition) is 1. The molecule has 2 rings (SSSR count). The van der Waals surface area contributed by atoms with E-state index in [1.54, 1.807) is 0 Å². The molecule has 1 fully saturated rings. The van der Waals surface area contributed by atoms with E-state index in [-0.39, 0.29) is 0 Å². The van der Waals surface area contributed by atoms with Crippen molar-refractivity contribution in [1.29, 1.82) is 0 Å². The smallest absolute Gasteiger partial charge is 0.0108 e. The molecule has 0 heterocycles. The topological polar surface area (TPSA) is 26.0 Å². The molecule has 1 nitrogen and oxygen atoms in total. The first-order valence-electron chi connectivity index (χ1n) is 5.99. The summed E-state index contributed by atoms with van der Waals surface area (Å²) in [6, 6.07) is 9.19. The minimum absolute atomic E-state index is 0.364. The molecule has 1 aromatic rings. The Morgan fingerprint density at radius 3 is 2.80 bits per heavy atom. The minimum Gasteiger partial charge on any atom is -0.327 e. The van der Waals surface area contributed by atoms with Crippen molar-refractivity contribution in [2.24, 2.45) is 11.7 Å². The van der Waals surface area contributed by atoms with Crippen LogP contribution >= 0.6 is 0 Å². The van der Waals surface area contributed by atoms with Gasteiger partial charge in [-0.3, -0.25) is 0 Å². The fourth-order valence-electron chi connectivity index (χ4n) is 2.69. The summed E-state index contributed by atoms with van der Waals surface area (Å²) in [6.45, 7) is 4.50. The highest BCUT2D eigenvalue weighted by molar-refractivity contribution is 5.27. The number of rotatable bonds is 1. The van der Waals surface area contributed by atoms with E-state index in [2.05, 4.69) is 38.1 Å². The Kier molecular flexibility index (Phi) is 3.11. The maximum atomic E-state index is 6.22. The van der Waals surface area contributed by atoms with Crippen molar-refractivity contribution in [3.8, 4) is 0 Å². The Labute approximate surface area is 92.7 Å². The highest BCUT2D eigenvalue weighted by Crippen LogP contribution is 2.35. The summed E-state index contributed by atoms with van der Waals surface area (Å²) < 4.78 is 0. The van der Waals surface area contributed by atoms with Gasteiger partial charge in [-0.15, -0.1) is 0 Å². The largest absolute Gasteiger partial charge is 0.327 e. The zero-order chi connectivity index (χ0) is 10.8. The lowest BCUT2D eigenvalue weighted by molar-refractivity contribution is 0.306. The highest BCUT2D eigenvalue weighted by Gasteiger charge is 2.26. The molecule has 82 valence electrons. The Morgan fingerprint density at radius 2 is 2.07 bits per heavy atom. The van der Waals surface area contributed by atoms with Crippen LogP contribution in [0.1, 0.15) is 43.2 Å². The van der Waals surface area contributed by atoms with Gasteiger partial charge >= 0.3 is 0 Å². The number of hydrogen-bond donors (Lipinski definition) is 1. The standard InChI is InChI=1S/C14H21N/c1-10-4-3-5-12(8-10)13-9-11(2)6-7-14(13)15/h3-5,8,11,13-14H,6-7,9,15H2,1-2H3. The Hall–Kier alpha value is -0.820. The average Bonchev–Trinajstić information content (AvgIpc) is 2.22. The molecule has 1 heteroatoms. The molecule has 0 radical (unpaired) electrons. The van der Waals surface area contributed by atoms with Gasteiger partial charge in [0, 0.05) is 6.04 Å². The van der Waals surface area contributed by atoms with Crippen LogP contribution in [0.25, 0.3) is 0 Å². The molecule has 1 aliphatic rings. The first-order valence-corrected chi connectivity index (χ1v) is 5.99. The lowest BCUT2D eigenvalue weighted by atomic mass is 9.75. The van der Waals surface area contributed by atoms with E-state index in [1.807, 2.05) is 0 Å². The zero-order valence-electron chi connectivity index (χ0n) is 9.74. The van der Waals surface area contributed by atoms with Gasteiger partial charge in [0.25, 0.3) is 0 Å². The summed E-state index contributed by atoms with van der Waals surface area (Å²) in [5.74, 6) is 1.41. The van der Waals surface area contributed by atoms with Gasteiger partial charge < -0.3 is 5.73 Å². The van der Waals surface area contributed by atoms with Gasteiger partial charge in [0.05, 0.1) is 0 Å². The van der Waals surface area contributed by atoms with Crippen LogP contribution in [0, 0.1) is 12.8 Å². The maximum Gasteiger partial charge on any atom is 0.0108 e. The lowest BCUT2D eigenvalue weighted by Gasteiger charge is -2.33. The second-order valence-electron chi connectivity index (χ2n) is 5.10. The van der Waals surface area contributed by atoms with Crippen molar-refractivity contribution < 1.29 is 0 Å². The minimum atomic E-state index is 0.364. The van der Waals surface area contributed by atoms with Crippen LogP contribution in [0.2, 0.25) is 0 Å². The molecule has 0 amide bonds. The Balaban J connectivity index is 2.21. The molecule has 3 atom stereocenters. The van der Waals surface area contributed by atoms with Crippen molar-refractivity contribution in [2.75, 3.05) is 0 Å². The van der Waals surface area contributed by atoms with E-state index >= 15 is 0 Å². The molecular formula is C14H21N. The predicted molar refractivity (Wildman–Crippen MR) is 64.9 cm³/mol. The van der Waals surface area contributed by atoms with Gasteiger partial charge in [-0.05, 0) is 43.6 Å². The zero-order valence-corrected chi connectivity index (χ0v) is 9.74. The van der Waals surface area contributed by atoms with Gasteiger partial charge in [0.2, 0.25) is 0 Å². The summed E-state index contributed by atoms with van der Waals surface area (Å²) in [6.07, 6.45) is 3.73. The van der Waals surface area contributed by atoms with Gasteiger partial charge in [-0.2, -0.15) is 0 Å². The third-order valence-electron chi connectivity index (χ3n) is 3.64. The molecule has 0 saturated heterocycles. The molecular weight excluding hydrogens is 182 g/mol. The fraction of sp³-hybridized carbons (Fsp3) is 0.571. The summed E-state index contributed by atoms with van der Waals surface area (Å²) in [5.41, 5.74) is 9.01. The van der Waals surface area contributed by atoms with Crippen molar-refractivity contribution in [3.05, 3.63) is 35.4 Å². The predicted octanol–water partition coefficient (Wildman–Crippen LogP) is 3.23. The quantitative estimate of drug-likeness (QED) is 0.745. The van der Waals surface area contributed by atoms with Crippen LogP contribution < -0.4 is 5.73 Å². The molecule has 2 N–H and O–H groups in total. The Bertz CT molecular complexity index is 332. The first-order chi connectivity index (χ1) is 7.16. The van der Waals surface area contributed by atoms with E-state index in [4.69, 9.17) is 5.73 Å². The molecule has 0 bridgehead atoms. The monoisotopic (exact) mass is 203 g/mol. The summed E-state index contributed by atoms with van der Waals surface area (Å²) in [4.78, 5) is 0. The van der Waals surface area contributed by atoms with Crippen LogP contribution in [0.5, 0.6) is 0 Å². The van der Waals surface area contributed by atoms with E-state index in [9.17, 15) is 0 Å². The Morgan fingerprint density at radius 1 is 1.27 bits per heavy atom. The molecule has 1 aromatic carbocycles. The summed E-state index contributed by atoms with van der Waals surface area (Å²) >= 11 is 0. The molecule has 0 spiro atoms.